The van der Waals surface area contributed by atoms with Crippen LogP contribution < -0.4 is 9.62 Å². The van der Waals surface area contributed by atoms with Crippen LogP contribution in [-0.4, -0.2) is 60.6 Å². The number of nitrogens with zero attached hydrogens (tertiary/aromatic N) is 4. The van der Waals surface area contributed by atoms with Crippen molar-refractivity contribution in [2.75, 3.05) is 31.1 Å². The van der Waals surface area contributed by atoms with Crippen LogP contribution in [0.5, 0.6) is 0 Å². The van der Waals surface area contributed by atoms with Crippen molar-refractivity contribution in [3.63, 3.8) is 0 Å². The largest absolute Gasteiger partial charge is 0.368 e. The number of hydrogen-bond acceptors (Lipinski definition) is 5. The Morgan fingerprint density at radius 3 is 2.56 bits per heavy atom. The maximum atomic E-state index is 12.8. The third kappa shape index (κ3) is 4.46. The van der Waals surface area contributed by atoms with Crippen molar-refractivity contribution >= 4 is 15.7 Å². The molecule has 0 bridgehead atoms. The van der Waals surface area contributed by atoms with Gasteiger partial charge in [-0.1, -0.05) is 36.4 Å². The number of aromatic nitrogens is 2. The first kappa shape index (κ1) is 23.7. The summed E-state index contributed by atoms with van der Waals surface area (Å²) in [7, 11) is -1.88. The Bertz CT molecular complexity index is 1340. The number of nitrogens with one attached hydrogen (secondary N) is 1. The van der Waals surface area contributed by atoms with Gasteiger partial charge in [-0.05, 0) is 74.5 Å². The van der Waals surface area contributed by atoms with E-state index in [-0.39, 0.29) is 5.03 Å². The Kier molecular flexibility index (Phi) is 5.93. The molecule has 0 amide bonds. The van der Waals surface area contributed by atoms with Crippen LogP contribution in [0.4, 0.5) is 5.69 Å². The molecule has 7 nitrogen and oxygen atoms in total. The molecule has 0 spiro atoms. The van der Waals surface area contributed by atoms with Crippen LogP contribution in [0.3, 0.4) is 0 Å². The first-order valence-corrected chi connectivity index (χ1v) is 14.5. The van der Waals surface area contributed by atoms with Crippen molar-refractivity contribution in [3.8, 4) is 0 Å². The van der Waals surface area contributed by atoms with Gasteiger partial charge in [-0.3, -0.25) is 4.90 Å². The molecule has 2 atom stereocenters. The first-order valence-electron chi connectivity index (χ1n) is 13.0. The lowest BCUT2D eigenvalue weighted by Crippen LogP contribution is -2.68. The fourth-order valence-corrected chi connectivity index (χ4v) is 7.61. The lowest BCUT2D eigenvalue weighted by atomic mass is 9.74. The summed E-state index contributed by atoms with van der Waals surface area (Å²) in [4.78, 5) is 8.99. The second-order valence-electron chi connectivity index (χ2n) is 11.1. The number of sulfonamides is 1. The highest BCUT2D eigenvalue weighted by molar-refractivity contribution is 7.89. The maximum absolute atomic E-state index is 12.8. The van der Waals surface area contributed by atoms with E-state index in [9.17, 15) is 8.42 Å². The van der Waals surface area contributed by atoms with Crippen molar-refractivity contribution in [2.45, 2.75) is 55.1 Å². The summed E-state index contributed by atoms with van der Waals surface area (Å²) in [5.41, 5.74) is 5.01. The van der Waals surface area contributed by atoms with Gasteiger partial charge in [0.05, 0.1) is 11.9 Å². The van der Waals surface area contributed by atoms with Gasteiger partial charge in [-0.25, -0.2) is 18.1 Å². The van der Waals surface area contributed by atoms with Crippen LogP contribution in [-0.2, 0) is 29.9 Å². The summed E-state index contributed by atoms with van der Waals surface area (Å²) >= 11 is 0. The molecule has 0 radical (unpaired) electrons. The lowest BCUT2D eigenvalue weighted by molar-refractivity contribution is 0.0877. The molecular weight excluding hydrogens is 470 g/mol. The van der Waals surface area contributed by atoms with E-state index in [1.807, 2.05) is 6.92 Å². The highest BCUT2D eigenvalue weighted by Crippen LogP contribution is 2.41. The third-order valence-electron chi connectivity index (χ3n) is 8.14. The number of likely N-dealkylation sites (tertiary alicyclic amines) is 1. The van der Waals surface area contributed by atoms with Crippen LogP contribution in [0.25, 0.3) is 0 Å². The quantitative estimate of drug-likeness (QED) is 0.534. The van der Waals surface area contributed by atoms with Crippen LogP contribution >= 0.6 is 0 Å². The Hall–Kier alpha value is -2.68. The van der Waals surface area contributed by atoms with Gasteiger partial charge < -0.3 is 9.47 Å². The molecule has 1 aromatic heterocycles. The SMILES string of the molecule is Cn1cnc(S(=O)(=O)NC2(C)CN(c3ccc4c(c3)[C@@H](Cc3ccccc3)C(N3CCC3)CC4)C2)c1. The van der Waals surface area contributed by atoms with E-state index in [2.05, 4.69) is 68.0 Å². The molecule has 3 heterocycles. The molecule has 3 aliphatic rings. The second kappa shape index (κ2) is 9.01. The molecule has 2 saturated heterocycles. The van der Waals surface area contributed by atoms with Crippen molar-refractivity contribution in [2.24, 2.45) is 7.05 Å². The van der Waals surface area contributed by atoms with Gasteiger partial charge in [0.15, 0.2) is 5.03 Å². The van der Waals surface area contributed by atoms with Gasteiger partial charge in [0.1, 0.15) is 0 Å². The fraction of sp³-hybridized carbons (Fsp3) is 0.464. The van der Waals surface area contributed by atoms with Crippen LogP contribution in [0.1, 0.15) is 42.4 Å². The molecule has 2 aromatic carbocycles. The summed E-state index contributed by atoms with van der Waals surface area (Å²) in [6.07, 6.45) is 7.76. The third-order valence-corrected chi connectivity index (χ3v) is 9.67. The summed E-state index contributed by atoms with van der Waals surface area (Å²) in [6, 6.07) is 18.4. The average Bonchev–Trinajstić information content (AvgIpc) is 3.25. The molecule has 1 N–H and O–H groups in total. The normalized spacial score (nSPS) is 23.6. The van der Waals surface area contributed by atoms with E-state index >= 15 is 0 Å². The fourth-order valence-electron chi connectivity index (χ4n) is 6.23. The standard InChI is InChI=1S/C28H35N5O2S/c1-28(30-36(34,35)27-17-31(2)20-29-27)18-33(19-28)23-11-9-22-10-12-26(32-13-6-14-32)25(24(22)16-23)15-21-7-4-3-5-8-21/h3-5,7-9,11,16-17,20,25-26,30H,6,10,12-15,18-19H2,1-2H3/t25-,26?/m1/s1. The summed E-state index contributed by atoms with van der Waals surface area (Å²) in [5, 5.41) is 0.0687. The molecule has 2 aliphatic heterocycles. The van der Waals surface area contributed by atoms with Crippen LogP contribution in [0, 0.1) is 0 Å². The predicted molar refractivity (Wildman–Crippen MR) is 142 cm³/mol. The number of hydrogen-bond donors (Lipinski definition) is 1. The second-order valence-corrected chi connectivity index (χ2v) is 12.7. The average molecular weight is 506 g/mol. The number of anilines is 1. The predicted octanol–water partition coefficient (Wildman–Crippen LogP) is 3.32. The minimum Gasteiger partial charge on any atom is -0.368 e. The number of imidazole rings is 1. The van der Waals surface area contributed by atoms with Crippen molar-refractivity contribution in [3.05, 3.63) is 77.7 Å². The Labute approximate surface area is 214 Å². The Morgan fingerprint density at radius 2 is 1.89 bits per heavy atom. The number of benzene rings is 2. The number of rotatable bonds is 7. The van der Waals surface area contributed by atoms with E-state index in [0.29, 0.717) is 25.0 Å². The minimum atomic E-state index is -3.65. The summed E-state index contributed by atoms with van der Waals surface area (Å²) in [6.45, 7) is 5.67. The zero-order valence-electron chi connectivity index (χ0n) is 21.1. The van der Waals surface area contributed by atoms with E-state index in [4.69, 9.17) is 0 Å². The van der Waals surface area contributed by atoms with Crippen molar-refractivity contribution in [1.29, 1.82) is 0 Å². The molecule has 36 heavy (non-hydrogen) atoms. The zero-order valence-corrected chi connectivity index (χ0v) is 21.9. The Balaban J connectivity index is 1.22. The highest BCUT2D eigenvalue weighted by atomic mass is 32.2. The molecule has 0 saturated carbocycles. The Morgan fingerprint density at radius 1 is 1.11 bits per heavy atom. The van der Waals surface area contributed by atoms with Crippen molar-refractivity contribution < 1.29 is 8.42 Å². The smallest absolute Gasteiger partial charge is 0.260 e. The monoisotopic (exact) mass is 505 g/mol. The topological polar surface area (TPSA) is 70.5 Å². The van der Waals surface area contributed by atoms with Gasteiger partial charge in [-0.2, -0.15) is 0 Å². The minimum absolute atomic E-state index is 0.0687. The van der Waals surface area contributed by atoms with Gasteiger partial charge in [0, 0.05) is 44.0 Å². The first-order chi connectivity index (χ1) is 17.3. The maximum Gasteiger partial charge on any atom is 0.260 e. The van der Waals surface area contributed by atoms with E-state index in [1.165, 1.54) is 60.8 Å². The van der Waals surface area contributed by atoms with E-state index in [0.717, 1.165) is 12.8 Å². The molecule has 2 fully saturated rings. The highest BCUT2D eigenvalue weighted by Gasteiger charge is 2.43. The molecular formula is C28H35N5O2S. The van der Waals surface area contributed by atoms with Gasteiger partial charge in [0.2, 0.25) is 0 Å². The van der Waals surface area contributed by atoms with Crippen LogP contribution in [0.15, 0.2) is 66.1 Å². The lowest BCUT2D eigenvalue weighted by Gasteiger charge is -2.50. The van der Waals surface area contributed by atoms with Gasteiger partial charge in [-0.15, -0.1) is 0 Å². The van der Waals surface area contributed by atoms with E-state index < -0.39 is 15.6 Å². The van der Waals surface area contributed by atoms with Crippen LogP contribution in [0.2, 0.25) is 0 Å². The van der Waals surface area contributed by atoms with Gasteiger partial charge in [0.25, 0.3) is 10.0 Å². The molecule has 3 aromatic rings. The number of fused-ring (bicyclic) bond motifs is 1. The summed E-state index contributed by atoms with van der Waals surface area (Å²) < 4.78 is 30.2. The molecule has 1 aliphatic carbocycles. The van der Waals surface area contributed by atoms with Crippen molar-refractivity contribution in [1.82, 2.24) is 19.2 Å². The molecule has 8 heteroatoms. The number of aryl methyl sites for hydroxylation is 2. The molecule has 1 unspecified atom stereocenters. The summed E-state index contributed by atoms with van der Waals surface area (Å²) in [5.74, 6) is 0.478. The molecule has 190 valence electrons. The van der Waals surface area contributed by atoms with E-state index in [1.54, 1.807) is 11.6 Å². The van der Waals surface area contributed by atoms with Gasteiger partial charge >= 0.3 is 0 Å². The zero-order chi connectivity index (χ0) is 24.9. The molecule has 6 rings (SSSR count).